The molecule has 0 aliphatic rings. The van der Waals surface area contributed by atoms with Crippen LogP contribution in [0.4, 0.5) is 0 Å². The minimum Gasteiger partial charge on any atom is -0.479 e. The van der Waals surface area contributed by atoms with Gasteiger partial charge in [-0.2, -0.15) is 5.26 Å². The Labute approximate surface area is 76.1 Å². The highest BCUT2D eigenvalue weighted by atomic mass is 16.5. The fourth-order valence-electron chi connectivity index (χ4n) is 0.935. The molecule has 0 fully saturated rings. The lowest BCUT2D eigenvalue weighted by Crippen LogP contribution is -2.31. The molecule has 1 aromatic rings. The molecular formula is C8H8BNO3. The maximum Gasteiger partial charge on any atom is 0.492 e. The Morgan fingerprint density at radius 3 is 2.69 bits per heavy atom. The quantitative estimate of drug-likeness (QED) is 0.596. The third-order valence-electron chi connectivity index (χ3n) is 1.49. The van der Waals surface area contributed by atoms with E-state index in [0.717, 1.165) is 0 Å². The van der Waals surface area contributed by atoms with E-state index >= 15 is 0 Å². The van der Waals surface area contributed by atoms with Crippen LogP contribution in [-0.4, -0.2) is 23.8 Å². The highest BCUT2D eigenvalue weighted by molar-refractivity contribution is 6.59. The number of hydrogen-bond donors (Lipinski definition) is 2. The van der Waals surface area contributed by atoms with Gasteiger partial charge in [0, 0.05) is 5.46 Å². The van der Waals surface area contributed by atoms with Gasteiger partial charge in [0.1, 0.15) is 11.8 Å². The largest absolute Gasteiger partial charge is 0.492 e. The fraction of sp³-hybridized carbons (Fsp3) is 0.125. The molecule has 1 rings (SSSR count). The summed E-state index contributed by atoms with van der Waals surface area (Å²) < 4.78 is 4.97. The van der Waals surface area contributed by atoms with Crippen molar-refractivity contribution in [3.05, 3.63) is 24.3 Å². The van der Waals surface area contributed by atoms with Crippen LogP contribution in [0.25, 0.3) is 0 Å². The lowest BCUT2D eigenvalue weighted by Gasteiger charge is -2.07. The SMILES string of the molecule is N#CCOc1ccccc1B(O)O. The second kappa shape index (κ2) is 4.50. The van der Waals surface area contributed by atoms with Crippen molar-refractivity contribution in [2.75, 3.05) is 6.61 Å². The van der Waals surface area contributed by atoms with Crippen LogP contribution >= 0.6 is 0 Å². The molecule has 0 radical (unpaired) electrons. The standard InChI is InChI=1S/C8H8BNO3/c10-5-6-13-8-4-2-1-3-7(8)9(11)12/h1-4,11-12H,6H2. The first-order valence-electron chi connectivity index (χ1n) is 3.70. The van der Waals surface area contributed by atoms with Crippen LogP contribution in [-0.2, 0) is 0 Å². The lowest BCUT2D eigenvalue weighted by atomic mass is 9.80. The van der Waals surface area contributed by atoms with Gasteiger partial charge < -0.3 is 14.8 Å². The van der Waals surface area contributed by atoms with E-state index in [-0.39, 0.29) is 12.1 Å². The van der Waals surface area contributed by atoms with Gasteiger partial charge in [0.15, 0.2) is 6.61 Å². The third-order valence-corrected chi connectivity index (χ3v) is 1.49. The van der Waals surface area contributed by atoms with E-state index in [0.29, 0.717) is 5.75 Å². The Kier molecular flexibility index (Phi) is 3.32. The first kappa shape index (κ1) is 9.58. The smallest absolute Gasteiger partial charge is 0.479 e. The van der Waals surface area contributed by atoms with E-state index < -0.39 is 7.12 Å². The minimum atomic E-state index is -1.57. The lowest BCUT2D eigenvalue weighted by molar-refractivity contribution is 0.366. The van der Waals surface area contributed by atoms with Gasteiger partial charge in [-0.3, -0.25) is 0 Å². The van der Waals surface area contributed by atoms with Gasteiger partial charge in [-0.05, 0) is 6.07 Å². The van der Waals surface area contributed by atoms with Crippen LogP contribution in [0, 0.1) is 11.3 Å². The van der Waals surface area contributed by atoms with Crippen molar-refractivity contribution >= 4 is 12.6 Å². The second-order valence-corrected chi connectivity index (χ2v) is 2.36. The van der Waals surface area contributed by atoms with Gasteiger partial charge in [0.2, 0.25) is 0 Å². The Hall–Kier alpha value is -1.51. The van der Waals surface area contributed by atoms with Gasteiger partial charge in [-0.15, -0.1) is 0 Å². The summed E-state index contributed by atoms with van der Waals surface area (Å²) in [6.45, 7) is -0.107. The summed E-state index contributed by atoms with van der Waals surface area (Å²) in [5.74, 6) is 0.319. The van der Waals surface area contributed by atoms with Crippen molar-refractivity contribution in [3.8, 4) is 11.8 Å². The molecule has 0 aliphatic carbocycles. The summed E-state index contributed by atoms with van der Waals surface area (Å²) in [5, 5.41) is 26.1. The van der Waals surface area contributed by atoms with Gasteiger partial charge in [-0.25, -0.2) is 0 Å². The molecule has 0 heterocycles. The van der Waals surface area contributed by atoms with Gasteiger partial charge >= 0.3 is 7.12 Å². The van der Waals surface area contributed by atoms with Gasteiger partial charge in [-0.1, -0.05) is 18.2 Å². The molecule has 0 aromatic heterocycles. The van der Waals surface area contributed by atoms with Crippen LogP contribution in [0.15, 0.2) is 24.3 Å². The second-order valence-electron chi connectivity index (χ2n) is 2.36. The average Bonchev–Trinajstić information content (AvgIpc) is 2.15. The summed E-state index contributed by atoms with van der Waals surface area (Å²) in [5.41, 5.74) is 0.262. The summed E-state index contributed by atoms with van der Waals surface area (Å²) >= 11 is 0. The molecule has 0 bridgehead atoms. The van der Waals surface area contributed by atoms with Crippen molar-refractivity contribution in [1.82, 2.24) is 0 Å². The predicted octanol–water partition coefficient (Wildman–Crippen LogP) is -0.731. The molecule has 0 saturated heterocycles. The Morgan fingerprint density at radius 2 is 2.08 bits per heavy atom. The summed E-state index contributed by atoms with van der Waals surface area (Å²) in [7, 11) is -1.57. The van der Waals surface area contributed by atoms with Gasteiger partial charge in [0.05, 0.1) is 0 Å². The monoisotopic (exact) mass is 177 g/mol. The molecule has 0 aliphatic heterocycles. The van der Waals surface area contributed by atoms with Crippen LogP contribution in [0.3, 0.4) is 0 Å². The zero-order valence-corrected chi connectivity index (χ0v) is 6.84. The maximum atomic E-state index is 8.90. The molecule has 1 aromatic carbocycles. The van der Waals surface area contributed by atoms with Crippen molar-refractivity contribution in [1.29, 1.82) is 5.26 Å². The Balaban J connectivity index is 2.86. The number of para-hydroxylation sites is 1. The number of nitrogens with zero attached hydrogens (tertiary/aromatic N) is 1. The molecule has 13 heavy (non-hydrogen) atoms. The van der Waals surface area contributed by atoms with Gasteiger partial charge in [0.25, 0.3) is 0 Å². The van der Waals surface area contributed by atoms with E-state index in [1.807, 2.05) is 0 Å². The highest BCUT2D eigenvalue weighted by Crippen LogP contribution is 2.06. The summed E-state index contributed by atoms with van der Waals surface area (Å²) in [6.07, 6.45) is 0. The molecular weight excluding hydrogens is 169 g/mol. The van der Waals surface area contributed by atoms with Crippen LogP contribution < -0.4 is 10.2 Å². The molecule has 0 saturated carbocycles. The molecule has 4 nitrogen and oxygen atoms in total. The van der Waals surface area contributed by atoms with Crippen LogP contribution in [0.5, 0.6) is 5.75 Å². The predicted molar refractivity (Wildman–Crippen MR) is 47.4 cm³/mol. The number of nitriles is 1. The summed E-state index contributed by atoms with van der Waals surface area (Å²) in [4.78, 5) is 0. The Bertz CT molecular complexity index is 321. The average molecular weight is 177 g/mol. The number of benzene rings is 1. The first-order valence-corrected chi connectivity index (χ1v) is 3.70. The summed E-state index contributed by atoms with van der Waals surface area (Å²) in [6, 6.07) is 8.25. The molecule has 5 heteroatoms. The van der Waals surface area contributed by atoms with E-state index in [4.69, 9.17) is 20.0 Å². The van der Waals surface area contributed by atoms with E-state index in [1.54, 1.807) is 24.3 Å². The van der Waals surface area contributed by atoms with E-state index in [1.165, 1.54) is 6.07 Å². The fourth-order valence-corrected chi connectivity index (χ4v) is 0.935. The molecule has 0 spiro atoms. The van der Waals surface area contributed by atoms with E-state index in [9.17, 15) is 0 Å². The zero-order chi connectivity index (χ0) is 9.68. The molecule has 66 valence electrons. The maximum absolute atomic E-state index is 8.90. The first-order chi connectivity index (χ1) is 6.25. The van der Waals surface area contributed by atoms with Crippen LogP contribution in [0.1, 0.15) is 0 Å². The van der Waals surface area contributed by atoms with Crippen molar-refractivity contribution in [2.24, 2.45) is 0 Å². The number of rotatable bonds is 3. The van der Waals surface area contributed by atoms with Crippen molar-refractivity contribution in [2.45, 2.75) is 0 Å². The topological polar surface area (TPSA) is 73.5 Å². The molecule has 0 atom stereocenters. The number of hydrogen-bond acceptors (Lipinski definition) is 4. The van der Waals surface area contributed by atoms with Crippen LogP contribution in [0.2, 0.25) is 0 Å². The molecule has 0 amide bonds. The Morgan fingerprint density at radius 1 is 1.38 bits per heavy atom. The van der Waals surface area contributed by atoms with Crippen molar-refractivity contribution in [3.63, 3.8) is 0 Å². The third kappa shape index (κ3) is 2.47. The zero-order valence-electron chi connectivity index (χ0n) is 6.84. The normalized spacial score (nSPS) is 9.00. The minimum absolute atomic E-state index is 0.107. The molecule has 2 N–H and O–H groups in total. The van der Waals surface area contributed by atoms with Crippen molar-refractivity contribution < 1.29 is 14.8 Å². The van der Waals surface area contributed by atoms with E-state index in [2.05, 4.69) is 0 Å². The highest BCUT2D eigenvalue weighted by Gasteiger charge is 2.15. The molecule has 0 unspecified atom stereocenters. The number of ether oxygens (including phenoxy) is 1.